The van der Waals surface area contributed by atoms with Crippen molar-refractivity contribution in [3.8, 4) is 5.75 Å². The van der Waals surface area contributed by atoms with Gasteiger partial charge < -0.3 is 30.0 Å². The number of quaternary nitrogens is 1. The average molecular weight is 450 g/mol. The Kier molecular flexibility index (Phi) is 5.86. The van der Waals surface area contributed by atoms with E-state index in [2.05, 4.69) is 15.3 Å². The molecular weight excluding hydrogens is 420 g/mol. The number of nitrogens with zero attached hydrogens (tertiary/aromatic N) is 1. The molecule has 4 rings (SSSR count). The Morgan fingerprint density at radius 2 is 1.82 bits per heavy atom. The fourth-order valence-corrected chi connectivity index (χ4v) is 4.22. The van der Waals surface area contributed by atoms with Gasteiger partial charge in [-0.2, -0.15) is 0 Å². The van der Waals surface area contributed by atoms with Gasteiger partial charge in [0, 0.05) is 35.6 Å². The van der Waals surface area contributed by atoms with E-state index in [1.807, 2.05) is 57.5 Å². The number of H-pyrrole nitrogens is 2. The van der Waals surface area contributed by atoms with Crippen LogP contribution in [-0.2, 0) is 22.4 Å². The first-order valence-electron chi connectivity index (χ1n) is 10.8. The van der Waals surface area contributed by atoms with Crippen LogP contribution < -0.4 is 5.32 Å². The molecule has 0 aliphatic rings. The van der Waals surface area contributed by atoms with Crippen LogP contribution in [0, 0.1) is 0 Å². The zero-order valence-corrected chi connectivity index (χ0v) is 18.9. The lowest BCUT2D eigenvalue weighted by Gasteiger charge is -2.33. The highest BCUT2D eigenvalue weighted by Gasteiger charge is 2.35. The number of para-hydroxylation sites is 2. The van der Waals surface area contributed by atoms with Crippen LogP contribution in [0.5, 0.6) is 5.75 Å². The molecule has 2 heterocycles. The summed E-state index contributed by atoms with van der Waals surface area (Å²) in [6, 6.07) is 13.3. The first-order valence-corrected chi connectivity index (χ1v) is 10.8. The Balaban J connectivity index is 1.56. The van der Waals surface area contributed by atoms with E-state index in [1.54, 1.807) is 18.3 Å². The number of benzene rings is 2. The number of phenolic OH excluding ortho intramolecular Hbond substituents is 1. The molecule has 2 aromatic carbocycles. The van der Waals surface area contributed by atoms with Crippen LogP contribution in [0.15, 0.2) is 54.7 Å². The lowest BCUT2D eigenvalue weighted by molar-refractivity contribution is -0.886. The largest absolute Gasteiger partial charge is 0.506 e. The molecule has 0 bridgehead atoms. The third-order valence-corrected chi connectivity index (χ3v) is 6.05. The predicted molar refractivity (Wildman–Crippen MR) is 127 cm³/mol. The third kappa shape index (κ3) is 4.70. The molecule has 8 heteroatoms. The van der Waals surface area contributed by atoms with Crippen molar-refractivity contribution in [3.63, 3.8) is 0 Å². The van der Waals surface area contributed by atoms with Crippen LogP contribution in [0.2, 0.25) is 0 Å². The summed E-state index contributed by atoms with van der Waals surface area (Å²) in [5.41, 5.74) is 3.18. The lowest BCUT2D eigenvalue weighted by Crippen LogP contribution is -2.57. The molecule has 0 fully saturated rings. The minimum Gasteiger partial charge on any atom is -0.506 e. The third-order valence-electron chi connectivity index (χ3n) is 6.05. The van der Waals surface area contributed by atoms with Crippen LogP contribution in [0.4, 0.5) is 0 Å². The van der Waals surface area contributed by atoms with E-state index >= 15 is 0 Å². The topological polar surface area (TPSA) is 118 Å². The van der Waals surface area contributed by atoms with Crippen LogP contribution in [0.3, 0.4) is 0 Å². The predicted octanol–water partition coefficient (Wildman–Crippen LogP) is 2.78. The van der Waals surface area contributed by atoms with Gasteiger partial charge in [0.2, 0.25) is 0 Å². The van der Waals surface area contributed by atoms with Crippen molar-refractivity contribution in [2.45, 2.75) is 24.9 Å². The van der Waals surface area contributed by atoms with Gasteiger partial charge in [0.15, 0.2) is 6.04 Å². The summed E-state index contributed by atoms with van der Waals surface area (Å²) < 4.78 is 0.316. The number of aromatic nitrogens is 2. The summed E-state index contributed by atoms with van der Waals surface area (Å²) in [5, 5.41) is 24.5. The molecule has 4 aromatic rings. The summed E-state index contributed by atoms with van der Waals surface area (Å²) in [7, 11) is 5.72. The molecule has 2 aromatic heterocycles. The Labute approximate surface area is 191 Å². The minimum atomic E-state index is -1.08. The van der Waals surface area contributed by atoms with Crippen molar-refractivity contribution in [3.05, 3.63) is 66.0 Å². The number of rotatable bonds is 8. The fraction of sp³-hybridized carbons (Fsp3) is 0.280. The molecule has 0 aliphatic carbocycles. The number of carbonyl (C=O) groups is 2. The Morgan fingerprint density at radius 1 is 1.06 bits per heavy atom. The summed E-state index contributed by atoms with van der Waals surface area (Å²) >= 11 is 0. The zero-order chi connectivity index (χ0) is 23.8. The van der Waals surface area contributed by atoms with Crippen LogP contribution in [-0.4, -0.2) is 69.8 Å². The highest BCUT2D eigenvalue weighted by molar-refractivity contribution is 5.90. The number of fused-ring (bicyclic) bond motifs is 2. The summed E-state index contributed by atoms with van der Waals surface area (Å²) in [6.07, 6.45) is 2.33. The Bertz CT molecular complexity index is 1280. The van der Waals surface area contributed by atoms with Crippen molar-refractivity contribution in [2.75, 3.05) is 21.1 Å². The highest BCUT2D eigenvalue weighted by atomic mass is 16.4. The molecule has 33 heavy (non-hydrogen) atoms. The van der Waals surface area contributed by atoms with Gasteiger partial charge in [-0.25, -0.2) is 4.79 Å². The molecule has 2 unspecified atom stereocenters. The number of aromatic amines is 2. The summed E-state index contributed by atoms with van der Waals surface area (Å²) in [4.78, 5) is 31.6. The van der Waals surface area contributed by atoms with E-state index in [0.717, 1.165) is 27.5 Å². The Hall–Kier alpha value is -3.78. The van der Waals surface area contributed by atoms with Gasteiger partial charge in [-0.3, -0.25) is 4.79 Å². The van der Waals surface area contributed by atoms with Gasteiger partial charge in [0.25, 0.3) is 5.91 Å². The minimum absolute atomic E-state index is 0.147. The van der Waals surface area contributed by atoms with Crippen molar-refractivity contribution in [2.24, 2.45) is 0 Å². The first kappa shape index (κ1) is 22.4. The van der Waals surface area contributed by atoms with E-state index in [4.69, 9.17) is 0 Å². The molecule has 172 valence electrons. The molecule has 0 radical (unpaired) electrons. The Morgan fingerprint density at radius 3 is 2.52 bits per heavy atom. The van der Waals surface area contributed by atoms with Crippen molar-refractivity contribution in [1.29, 1.82) is 0 Å². The molecule has 2 atom stereocenters. The van der Waals surface area contributed by atoms with Crippen LogP contribution >= 0.6 is 0 Å². The number of likely N-dealkylation sites (N-methyl/N-ethyl adjacent to an activating group) is 1. The second-order valence-electron chi connectivity index (χ2n) is 9.34. The molecule has 1 amide bonds. The van der Waals surface area contributed by atoms with E-state index in [0.29, 0.717) is 16.4 Å². The lowest BCUT2D eigenvalue weighted by atomic mass is 10.0. The van der Waals surface area contributed by atoms with Gasteiger partial charge in [0.05, 0.1) is 26.7 Å². The first-order chi connectivity index (χ1) is 15.6. The van der Waals surface area contributed by atoms with E-state index < -0.39 is 18.1 Å². The summed E-state index contributed by atoms with van der Waals surface area (Å²) in [6.45, 7) is 0. The normalized spacial score (nSPS) is 13.8. The number of hydrogen-bond acceptors (Lipinski definition) is 3. The van der Waals surface area contributed by atoms with Gasteiger partial charge in [-0.05, 0) is 29.1 Å². The van der Waals surface area contributed by atoms with E-state index in [1.165, 1.54) is 0 Å². The standard InChI is InChI=1S/C25H28N4O4/c1-29(2,3)21(12-16-14-26-23-18(16)8-6-10-22(23)30)24(31)28-20(25(32)33)13-17-11-15-7-4-5-9-19(15)27-17/h4-11,14,20-21,26-27H,12-13H2,1-3H3,(H2-,28,30,31,32,33)/p+1. The molecule has 5 N–H and O–H groups in total. The van der Waals surface area contributed by atoms with Gasteiger partial charge in [-0.1, -0.05) is 30.3 Å². The van der Waals surface area contributed by atoms with Crippen molar-refractivity contribution >= 4 is 33.7 Å². The average Bonchev–Trinajstić information content (AvgIpc) is 3.34. The number of amides is 1. The number of phenols is 1. The highest BCUT2D eigenvalue weighted by Crippen LogP contribution is 2.28. The van der Waals surface area contributed by atoms with Crippen LogP contribution in [0.1, 0.15) is 11.3 Å². The van der Waals surface area contributed by atoms with Gasteiger partial charge in [-0.15, -0.1) is 0 Å². The fourth-order valence-electron chi connectivity index (χ4n) is 4.22. The maximum atomic E-state index is 13.3. The molecular formula is C25H29N4O4+. The maximum absolute atomic E-state index is 13.3. The summed E-state index contributed by atoms with van der Waals surface area (Å²) in [5.74, 6) is -1.27. The van der Waals surface area contributed by atoms with E-state index in [9.17, 15) is 19.8 Å². The monoisotopic (exact) mass is 449 g/mol. The molecule has 0 spiro atoms. The molecule has 0 saturated heterocycles. The molecule has 0 aliphatic heterocycles. The number of nitrogens with one attached hydrogen (secondary N) is 3. The van der Waals surface area contributed by atoms with Crippen molar-refractivity contribution in [1.82, 2.24) is 15.3 Å². The number of aliphatic carboxylic acids is 1. The number of carboxylic acids is 1. The van der Waals surface area contributed by atoms with E-state index in [-0.39, 0.29) is 18.1 Å². The van der Waals surface area contributed by atoms with Gasteiger partial charge >= 0.3 is 5.97 Å². The second kappa shape index (κ2) is 8.63. The van der Waals surface area contributed by atoms with Gasteiger partial charge in [0.1, 0.15) is 11.8 Å². The van der Waals surface area contributed by atoms with Crippen LogP contribution in [0.25, 0.3) is 21.8 Å². The quantitative estimate of drug-likeness (QED) is 0.266. The number of carboxylic acid groups (broad SMARTS) is 1. The maximum Gasteiger partial charge on any atom is 0.326 e. The second-order valence-corrected chi connectivity index (χ2v) is 9.34. The molecule has 0 saturated carbocycles. The number of hydrogen-bond donors (Lipinski definition) is 5. The smallest absolute Gasteiger partial charge is 0.326 e. The van der Waals surface area contributed by atoms with Crippen molar-refractivity contribution < 1.29 is 24.3 Å². The zero-order valence-electron chi connectivity index (χ0n) is 18.9. The molecule has 8 nitrogen and oxygen atoms in total. The number of aromatic hydroxyl groups is 1. The number of carbonyl (C=O) groups excluding carboxylic acids is 1. The SMILES string of the molecule is C[N+](C)(C)C(Cc1c[nH]c2c(O)cccc12)C(=O)NC(Cc1cc2ccccc2[nH]1)C(=O)O.